The largest absolute Gasteiger partial charge is 0.411 e. The maximum atomic E-state index is 9.32. The summed E-state index contributed by atoms with van der Waals surface area (Å²) in [5, 5.41) is 12.9. The van der Waals surface area contributed by atoms with Crippen LogP contribution in [0.25, 0.3) is 0 Å². The molecule has 0 bridgehead atoms. The first-order chi connectivity index (χ1) is 9.42. The second-order valence-corrected chi connectivity index (χ2v) is 5.48. The maximum absolute atomic E-state index is 9.32. The monoisotopic (exact) mass is 263 g/mol. The van der Waals surface area contributed by atoms with Gasteiger partial charge in [0, 0.05) is 12.4 Å². The molecule has 2 rings (SSSR count). The van der Waals surface area contributed by atoms with Crippen molar-refractivity contribution < 1.29 is 5.21 Å². The predicted octanol–water partition coefficient (Wildman–Crippen LogP) is 4.17. The molecule has 0 amide bonds. The molecule has 1 aromatic rings. The lowest BCUT2D eigenvalue weighted by Gasteiger charge is -2.20. The van der Waals surface area contributed by atoms with Gasteiger partial charge in [-0.15, -0.1) is 0 Å². The lowest BCUT2D eigenvalue weighted by atomic mass is 9.96. The molecule has 0 aromatic carbocycles. The molecule has 1 heterocycles. The SMILES string of the molecule is O/N=C1/CCCCCCCCCCC1n1ccnc1. The topological polar surface area (TPSA) is 50.4 Å². The third kappa shape index (κ3) is 4.37. The Labute approximate surface area is 115 Å². The summed E-state index contributed by atoms with van der Waals surface area (Å²) < 4.78 is 2.08. The first-order valence-electron chi connectivity index (χ1n) is 7.60. The van der Waals surface area contributed by atoms with Gasteiger partial charge in [-0.05, 0) is 19.3 Å². The van der Waals surface area contributed by atoms with E-state index in [1.54, 1.807) is 6.20 Å². The second kappa shape index (κ2) is 7.97. The van der Waals surface area contributed by atoms with Gasteiger partial charge in [0.2, 0.25) is 0 Å². The van der Waals surface area contributed by atoms with Crippen molar-refractivity contribution in [3.05, 3.63) is 18.7 Å². The van der Waals surface area contributed by atoms with E-state index < -0.39 is 0 Å². The Morgan fingerprint density at radius 1 is 1.05 bits per heavy atom. The molecule has 0 saturated heterocycles. The van der Waals surface area contributed by atoms with E-state index in [2.05, 4.69) is 14.7 Å². The van der Waals surface area contributed by atoms with E-state index in [9.17, 15) is 5.21 Å². The number of hydrogen-bond donors (Lipinski definition) is 1. The molecule has 1 aliphatic rings. The van der Waals surface area contributed by atoms with Crippen LogP contribution >= 0.6 is 0 Å². The molecule has 1 aliphatic carbocycles. The van der Waals surface area contributed by atoms with E-state index in [4.69, 9.17) is 0 Å². The highest BCUT2D eigenvalue weighted by Crippen LogP contribution is 2.23. The van der Waals surface area contributed by atoms with Crippen molar-refractivity contribution in [3.8, 4) is 0 Å². The van der Waals surface area contributed by atoms with E-state index in [1.165, 1.54) is 44.9 Å². The van der Waals surface area contributed by atoms with Gasteiger partial charge in [0.15, 0.2) is 0 Å². The fraction of sp³-hybridized carbons (Fsp3) is 0.733. The quantitative estimate of drug-likeness (QED) is 0.610. The van der Waals surface area contributed by atoms with Gasteiger partial charge in [-0.2, -0.15) is 0 Å². The smallest absolute Gasteiger partial charge is 0.0952 e. The molecule has 106 valence electrons. The third-order valence-corrected chi connectivity index (χ3v) is 4.06. The van der Waals surface area contributed by atoms with Crippen molar-refractivity contribution in [3.63, 3.8) is 0 Å². The third-order valence-electron chi connectivity index (χ3n) is 4.06. The van der Waals surface area contributed by atoms with Crippen LogP contribution in [-0.2, 0) is 0 Å². The lowest BCUT2D eigenvalue weighted by Crippen LogP contribution is -2.19. The van der Waals surface area contributed by atoms with Crippen LogP contribution in [0, 0.1) is 0 Å². The molecular formula is C15H25N3O. The fourth-order valence-electron chi connectivity index (χ4n) is 2.93. The Kier molecular flexibility index (Phi) is 5.92. The molecule has 1 saturated carbocycles. The molecule has 1 unspecified atom stereocenters. The van der Waals surface area contributed by atoms with Gasteiger partial charge >= 0.3 is 0 Å². The minimum Gasteiger partial charge on any atom is -0.411 e. The van der Waals surface area contributed by atoms with Crippen molar-refractivity contribution in [2.45, 2.75) is 70.3 Å². The Balaban J connectivity index is 2.04. The Morgan fingerprint density at radius 3 is 2.37 bits per heavy atom. The van der Waals surface area contributed by atoms with Crippen LogP contribution in [0.5, 0.6) is 0 Å². The van der Waals surface area contributed by atoms with E-state index in [1.807, 2.05) is 12.5 Å². The Hall–Kier alpha value is -1.32. The highest BCUT2D eigenvalue weighted by atomic mass is 16.4. The van der Waals surface area contributed by atoms with Gasteiger partial charge < -0.3 is 9.77 Å². The van der Waals surface area contributed by atoms with Crippen molar-refractivity contribution in [2.75, 3.05) is 0 Å². The standard InChI is InChI=1S/C15H25N3O/c19-17-14-9-7-5-3-1-2-4-6-8-10-15(14)18-12-11-16-13-18/h11-13,15,19H,1-10H2/b17-14-. The van der Waals surface area contributed by atoms with Crippen LogP contribution in [0.1, 0.15) is 70.3 Å². The summed E-state index contributed by atoms with van der Waals surface area (Å²) in [5.74, 6) is 0. The number of imidazole rings is 1. The Bertz CT molecular complexity index is 373. The van der Waals surface area contributed by atoms with Gasteiger partial charge in [-0.3, -0.25) is 0 Å². The first-order valence-corrected chi connectivity index (χ1v) is 7.60. The van der Waals surface area contributed by atoms with E-state index in [0.29, 0.717) is 0 Å². The molecule has 0 spiro atoms. The molecule has 1 atom stereocenters. The fourth-order valence-corrected chi connectivity index (χ4v) is 2.93. The van der Waals surface area contributed by atoms with Crippen molar-refractivity contribution in [2.24, 2.45) is 5.16 Å². The van der Waals surface area contributed by atoms with Crippen LogP contribution in [-0.4, -0.2) is 20.5 Å². The van der Waals surface area contributed by atoms with E-state index >= 15 is 0 Å². The molecular weight excluding hydrogens is 238 g/mol. The summed E-state index contributed by atoms with van der Waals surface area (Å²) in [6.45, 7) is 0. The summed E-state index contributed by atoms with van der Waals surface area (Å²) in [6, 6.07) is 0.187. The summed E-state index contributed by atoms with van der Waals surface area (Å²) >= 11 is 0. The molecule has 19 heavy (non-hydrogen) atoms. The average Bonchev–Trinajstić information content (AvgIpc) is 2.93. The summed E-state index contributed by atoms with van der Waals surface area (Å²) in [4.78, 5) is 4.12. The lowest BCUT2D eigenvalue weighted by molar-refractivity contribution is 0.311. The van der Waals surface area contributed by atoms with Crippen LogP contribution < -0.4 is 0 Å². The minimum atomic E-state index is 0.187. The van der Waals surface area contributed by atoms with Gasteiger partial charge in [0.25, 0.3) is 0 Å². The van der Waals surface area contributed by atoms with Crippen LogP contribution in [0.4, 0.5) is 0 Å². The van der Waals surface area contributed by atoms with Crippen LogP contribution in [0.3, 0.4) is 0 Å². The molecule has 4 nitrogen and oxygen atoms in total. The molecule has 0 radical (unpaired) electrons. The average molecular weight is 263 g/mol. The zero-order valence-corrected chi connectivity index (χ0v) is 11.7. The van der Waals surface area contributed by atoms with Gasteiger partial charge in [0.05, 0.1) is 18.1 Å². The highest BCUT2D eigenvalue weighted by Gasteiger charge is 2.18. The van der Waals surface area contributed by atoms with Crippen LogP contribution in [0.2, 0.25) is 0 Å². The number of hydrogen-bond acceptors (Lipinski definition) is 3. The number of aromatic nitrogens is 2. The van der Waals surface area contributed by atoms with Crippen molar-refractivity contribution in [1.29, 1.82) is 0 Å². The molecule has 4 heteroatoms. The van der Waals surface area contributed by atoms with Gasteiger partial charge in [-0.1, -0.05) is 50.1 Å². The predicted molar refractivity (Wildman–Crippen MR) is 76.7 cm³/mol. The highest BCUT2D eigenvalue weighted by molar-refractivity contribution is 5.87. The normalized spacial score (nSPS) is 25.7. The maximum Gasteiger partial charge on any atom is 0.0952 e. The summed E-state index contributed by atoms with van der Waals surface area (Å²) in [7, 11) is 0. The van der Waals surface area contributed by atoms with Crippen molar-refractivity contribution >= 4 is 5.71 Å². The number of rotatable bonds is 1. The molecule has 1 fully saturated rings. The van der Waals surface area contributed by atoms with Crippen molar-refractivity contribution in [1.82, 2.24) is 9.55 Å². The molecule has 1 aromatic heterocycles. The minimum absolute atomic E-state index is 0.187. The van der Waals surface area contributed by atoms with Gasteiger partial charge in [-0.25, -0.2) is 4.98 Å². The first kappa shape index (κ1) is 14.1. The summed E-state index contributed by atoms with van der Waals surface area (Å²) in [5.41, 5.74) is 0.915. The summed E-state index contributed by atoms with van der Waals surface area (Å²) in [6.07, 6.45) is 17.8. The molecule has 0 aliphatic heterocycles. The zero-order valence-electron chi connectivity index (χ0n) is 11.7. The van der Waals surface area contributed by atoms with E-state index in [-0.39, 0.29) is 6.04 Å². The molecule has 1 N–H and O–H groups in total. The number of oxime groups is 1. The van der Waals surface area contributed by atoms with Crippen LogP contribution in [0.15, 0.2) is 23.9 Å². The zero-order chi connectivity index (χ0) is 13.3. The number of nitrogens with zero attached hydrogens (tertiary/aromatic N) is 3. The van der Waals surface area contributed by atoms with E-state index in [0.717, 1.165) is 25.0 Å². The Morgan fingerprint density at radius 2 is 1.74 bits per heavy atom. The van der Waals surface area contributed by atoms with Gasteiger partial charge in [0.1, 0.15) is 0 Å². The second-order valence-electron chi connectivity index (χ2n) is 5.48.